The number of carbonyl (C=O) groups excluding carboxylic acids is 1. The summed E-state index contributed by atoms with van der Waals surface area (Å²) in [4.78, 5) is 17.5. The quantitative estimate of drug-likeness (QED) is 0.842. The second kappa shape index (κ2) is 7.01. The molecular formula is C14H23N3OS. The summed E-state index contributed by atoms with van der Waals surface area (Å²) in [6, 6.07) is 0.538. The Labute approximate surface area is 119 Å². The SMILES string of the molecule is CCc1cnc(C(C)NCC(=O)NC2CCCC2)s1. The van der Waals surface area contributed by atoms with Crippen molar-refractivity contribution in [2.45, 2.75) is 58.0 Å². The predicted octanol–water partition coefficient (Wildman–Crippen LogP) is 2.41. The van der Waals surface area contributed by atoms with E-state index in [0.29, 0.717) is 12.6 Å². The lowest BCUT2D eigenvalue weighted by Crippen LogP contribution is -2.39. The number of nitrogens with one attached hydrogen (secondary N) is 2. The van der Waals surface area contributed by atoms with Gasteiger partial charge >= 0.3 is 0 Å². The van der Waals surface area contributed by atoms with Crippen molar-refractivity contribution in [1.82, 2.24) is 15.6 Å². The maximum atomic E-state index is 11.8. The Kier molecular flexibility index (Phi) is 5.34. The van der Waals surface area contributed by atoms with E-state index in [1.807, 2.05) is 6.20 Å². The molecule has 1 aromatic heterocycles. The van der Waals surface area contributed by atoms with Gasteiger partial charge in [0.1, 0.15) is 5.01 Å². The second-order valence-electron chi connectivity index (χ2n) is 5.17. The average molecular weight is 281 g/mol. The molecule has 1 heterocycles. The van der Waals surface area contributed by atoms with Crippen LogP contribution in [0.2, 0.25) is 0 Å². The molecule has 0 saturated heterocycles. The Morgan fingerprint density at radius 1 is 1.53 bits per heavy atom. The first-order chi connectivity index (χ1) is 9.19. The van der Waals surface area contributed by atoms with Gasteiger partial charge in [0.15, 0.2) is 0 Å². The Morgan fingerprint density at radius 2 is 2.26 bits per heavy atom. The van der Waals surface area contributed by atoms with E-state index in [4.69, 9.17) is 0 Å². The Balaban J connectivity index is 1.73. The van der Waals surface area contributed by atoms with Crippen molar-refractivity contribution >= 4 is 17.2 Å². The highest BCUT2D eigenvalue weighted by molar-refractivity contribution is 7.11. The summed E-state index contributed by atoms with van der Waals surface area (Å²) < 4.78 is 0. The smallest absolute Gasteiger partial charge is 0.234 e. The van der Waals surface area contributed by atoms with Gasteiger partial charge in [-0.05, 0) is 26.2 Å². The molecule has 2 rings (SSSR count). The Morgan fingerprint density at radius 3 is 2.89 bits per heavy atom. The molecule has 1 unspecified atom stereocenters. The van der Waals surface area contributed by atoms with Gasteiger partial charge in [0.25, 0.3) is 0 Å². The molecule has 0 bridgehead atoms. The van der Waals surface area contributed by atoms with Crippen molar-refractivity contribution < 1.29 is 4.79 Å². The summed E-state index contributed by atoms with van der Waals surface area (Å²) >= 11 is 1.72. The molecule has 1 atom stereocenters. The number of amides is 1. The van der Waals surface area contributed by atoms with E-state index in [1.54, 1.807) is 11.3 Å². The highest BCUT2D eigenvalue weighted by Crippen LogP contribution is 2.20. The summed E-state index contributed by atoms with van der Waals surface area (Å²) in [6.45, 7) is 4.56. The van der Waals surface area contributed by atoms with Gasteiger partial charge in [0, 0.05) is 17.1 Å². The number of carbonyl (C=O) groups is 1. The lowest BCUT2D eigenvalue weighted by Gasteiger charge is -2.14. The van der Waals surface area contributed by atoms with Crippen LogP contribution in [0.3, 0.4) is 0 Å². The molecule has 0 spiro atoms. The third kappa shape index (κ3) is 4.28. The molecule has 1 aromatic rings. The summed E-state index contributed by atoms with van der Waals surface area (Å²) in [7, 11) is 0. The van der Waals surface area contributed by atoms with Crippen LogP contribution in [0.25, 0.3) is 0 Å². The largest absolute Gasteiger partial charge is 0.352 e. The van der Waals surface area contributed by atoms with E-state index in [0.717, 1.165) is 24.3 Å². The number of aromatic nitrogens is 1. The predicted molar refractivity (Wildman–Crippen MR) is 78.3 cm³/mol. The molecule has 0 aliphatic heterocycles. The Hall–Kier alpha value is -0.940. The number of thiazole rings is 1. The van der Waals surface area contributed by atoms with Gasteiger partial charge in [-0.2, -0.15) is 0 Å². The second-order valence-corrected chi connectivity index (χ2v) is 6.32. The fraction of sp³-hybridized carbons (Fsp3) is 0.714. The van der Waals surface area contributed by atoms with Crippen molar-refractivity contribution in [2.24, 2.45) is 0 Å². The zero-order chi connectivity index (χ0) is 13.7. The molecule has 0 radical (unpaired) electrons. The van der Waals surface area contributed by atoms with Crippen LogP contribution < -0.4 is 10.6 Å². The van der Waals surface area contributed by atoms with Crippen LogP contribution in [0.4, 0.5) is 0 Å². The highest BCUT2D eigenvalue weighted by atomic mass is 32.1. The zero-order valence-corrected chi connectivity index (χ0v) is 12.6. The topological polar surface area (TPSA) is 54.0 Å². The minimum absolute atomic E-state index is 0.103. The number of hydrogen-bond donors (Lipinski definition) is 2. The highest BCUT2D eigenvalue weighted by Gasteiger charge is 2.17. The van der Waals surface area contributed by atoms with Crippen LogP contribution in [-0.4, -0.2) is 23.5 Å². The van der Waals surface area contributed by atoms with Gasteiger partial charge in [0.2, 0.25) is 5.91 Å². The minimum atomic E-state index is 0.103. The maximum absolute atomic E-state index is 11.8. The third-order valence-corrected chi connectivity index (χ3v) is 4.90. The normalized spacial score (nSPS) is 17.6. The van der Waals surface area contributed by atoms with E-state index < -0.39 is 0 Å². The molecular weight excluding hydrogens is 258 g/mol. The molecule has 0 aromatic carbocycles. The fourth-order valence-electron chi connectivity index (χ4n) is 2.37. The van der Waals surface area contributed by atoms with Crippen molar-refractivity contribution in [2.75, 3.05) is 6.54 Å². The summed E-state index contributed by atoms with van der Waals surface area (Å²) in [5, 5.41) is 7.39. The lowest BCUT2D eigenvalue weighted by molar-refractivity contribution is -0.121. The molecule has 106 valence electrons. The summed E-state index contributed by atoms with van der Waals surface area (Å²) in [6.07, 6.45) is 7.70. The summed E-state index contributed by atoms with van der Waals surface area (Å²) in [5.41, 5.74) is 0. The van der Waals surface area contributed by atoms with Crippen molar-refractivity contribution in [1.29, 1.82) is 0 Å². The van der Waals surface area contributed by atoms with Crippen molar-refractivity contribution in [3.8, 4) is 0 Å². The fourth-order valence-corrected chi connectivity index (χ4v) is 3.25. The van der Waals surface area contributed by atoms with Crippen molar-refractivity contribution in [3.63, 3.8) is 0 Å². The number of aryl methyl sites for hydroxylation is 1. The van der Waals surface area contributed by atoms with Crippen LogP contribution >= 0.6 is 11.3 Å². The summed E-state index contributed by atoms with van der Waals surface area (Å²) in [5.74, 6) is 0.103. The van der Waals surface area contributed by atoms with Gasteiger partial charge < -0.3 is 5.32 Å². The van der Waals surface area contributed by atoms with Crippen LogP contribution in [0, 0.1) is 0 Å². The van der Waals surface area contributed by atoms with Gasteiger partial charge in [0.05, 0.1) is 12.6 Å². The minimum Gasteiger partial charge on any atom is -0.352 e. The number of rotatable bonds is 6. The first kappa shape index (κ1) is 14.5. The standard InChI is InChI=1S/C14H23N3OS/c1-3-12-8-16-14(19-12)10(2)15-9-13(18)17-11-6-4-5-7-11/h8,10-11,15H,3-7,9H2,1-2H3,(H,17,18). The van der Waals surface area contributed by atoms with E-state index in [2.05, 4.69) is 29.5 Å². The molecule has 4 nitrogen and oxygen atoms in total. The van der Waals surface area contributed by atoms with Gasteiger partial charge in [-0.15, -0.1) is 11.3 Å². The average Bonchev–Trinajstić information content (AvgIpc) is 3.06. The van der Waals surface area contributed by atoms with Gasteiger partial charge in [-0.1, -0.05) is 19.8 Å². The molecule has 1 aliphatic carbocycles. The molecule has 5 heteroatoms. The molecule has 1 amide bonds. The van der Waals surface area contributed by atoms with Crippen LogP contribution in [0.5, 0.6) is 0 Å². The zero-order valence-electron chi connectivity index (χ0n) is 11.7. The number of hydrogen-bond acceptors (Lipinski definition) is 4. The third-order valence-electron chi connectivity index (χ3n) is 3.58. The van der Waals surface area contributed by atoms with Crippen molar-refractivity contribution in [3.05, 3.63) is 16.1 Å². The van der Waals surface area contributed by atoms with E-state index in [-0.39, 0.29) is 11.9 Å². The molecule has 1 aliphatic rings. The van der Waals surface area contributed by atoms with E-state index in [9.17, 15) is 4.79 Å². The number of nitrogens with zero attached hydrogens (tertiary/aromatic N) is 1. The molecule has 1 fully saturated rings. The van der Waals surface area contributed by atoms with Gasteiger partial charge in [-0.3, -0.25) is 10.1 Å². The van der Waals surface area contributed by atoms with Gasteiger partial charge in [-0.25, -0.2) is 4.98 Å². The monoisotopic (exact) mass is 281 g/mol. The first-order valence-electron chi connectivity index (χ1n) is 7.16. The molecule has 2 N–H and O–H groups in total. The first-order valence-corrected chi connectivity index (χ1v) is 7.98. The van der Waals surface area contributed by atoms with E-state index in [1.165, 1.54) is 17.7 Å². The van der Waals surface area contributed by atoms with Crippen LogP contribution in [0.1, 0.15) is 55.5 Å². The Bertz CT molecular complexity index is 413. The van der Waals surface area contributed by atoms with Crippen LogP contribution in [-0.2, 0) is 11.2 Å². The molecule has 19 heavy (non-hydrogen) atoms. The van der Waals surface area contributed by atoms with E-state index >= 15 is 0 Å². The van der Waals surface area contributed by atoms with Crippen LogP contribution in [0.15, 0.2) is 6.20 Å². The maximum Gasteiger partial charge on any atom is 0.234 e. The molecule has 1 saturated carbocycles. The lowest BCUT2D eigenvalue weighted by atomic mass is 10.2.